The van der Waals surface area contributed by atoms with E-state index < -0.39 is 28.2 Å². The predicted octanol–water partition coefficient (Wildman–Crippen LogP) is 5.03. The van der Waals surface area contributed by atoms with Crippen molar-refractivity contribution < 1.29 is 32.6 Å². The number of benzene rings is 4. The van der Waals surface area contributed by atoms with E-state index in [0.29, 0.717) is 17.1 Å². The van der Waals surface area contributed by atoms with Crippen molar-refractivity contribution in [2.45, 2.75) is 30.9 Å². The lowest BCUT2D eigenvalue weighted by atomic mass is 9.99. The fourth-order valence-corrected chi connectivity index (χ4v) is 6.60. The van der Waals surface area contributed by atoms with Gasteiger partial charge in [-0.25, -0.2) is 13.2 Å². The second-order valence-corrected chi connectivity index (χ2v) is 13.4. The maximum Gasteiger partial charge on any atom is 0.323 e. The first-order chi connectivity index (χ1) is 22.0. The van der Waals surface area contributed by atoms with E-state index in [1.807, 2.05) is 43.3 Å². The number of amides is 3. The molecular weight excluding hydrogens is 608 g/mol. The summed E-state index contributed by atoms with van der Waals surface area (Å²) in [6.45, 7) is 3.55. The minimum absolute atomic E-state index is 0.00204. The highest BCUT2D eigenvalue weighted by Crippen LogP contribution is 2.32. The van der Waals surface area contributed by atoms with Crippen molar-refractivity contribution in [1.82, 2.24) is 9.21 Å². The highest BCUT2D eigenvalue weighted by Gasteiger charge is 2.35. The molecule has 0 saturated heterocycles. The number of carbonyl (C=O) groups excluding carboxylic acids is 2. The number of fused-ring (bicyclic) bond motifs is 2. The Labute approximate surface area is 268 Å². The van der Waals surface area contributed by atoms with Crippen molar-refractivity contribution in [2.75, 3.05) is 44.5 Å². The lowest BCUT2D eigenvalue weighted by molar-refractivity contribution is 0.0387. The molecule has 4 aromatic rings. The molecule has 1 aliphatic heterocycles. The second kappa shape index (κ2) is 13.8. The van der Waals surface area contributed by atoms with Crippen LogP contribution in [0.4, 0.5) is 16.2 Å². The quantitative estimate of drug-likeness (QED) is 0.232. The van der Waals surface area contributed by atoms with Crippen molar-refractivity contribution in [1.29, 1.82) is 0 Å². The minimum Gasteiger partial charge on any atom is -0.497 e. The molecule has 0 spiro atoms. The van der Waals surface area contributed by atoms with Gasteiger partial charge < -0.3 is 30.1 Å². The molecule has 1 aliphatic rings. The number of anilines is 2. The third-order valence-corrected chi connectivity index (χ3v) is 10.0. The van der Waals surface area contributed by atoms with Crippen LogP contribution < -0.4 is 20.1 Å². The maximum atomic E-state index is 13.8. The Hall–Kier alpha value is -4.65. The van der Waals surface area contributed by atoms with Crippen molar-refractivity contribution >= 4 is 44.1 Å². The van der Waals surface area contributed by atoms with Gasteiger partial charge in [0.25, 0.3) is 5.91 Å². The van der Waals surface area contributed by atoms with E-state index in [2.05, 4.69) is 10.6 Å². The van der Waals surface area contributed by atoms with Gasteiger partial charge in [0.2, 0.25) is 10.0 Å². The molecule has 242 valence electrons. The standard InChI is InChI=1S/C34H38N4O7S/c1-22-19-38(23(2)21-39)33(40)29-18-25(35-34(41)36-30-11-7-9-24-8-5-6-10-28(24)30)12-17-31(29)45-32(22)20-37(3)46(42,43)27-15-13-26(44-4)14-16-27/h5-18,22-23,32,39H,19-21H2,1-4H3,(H2,35,36,41)/t22-,23-,32+/m1/s1. The summed E-state index contributed by atoms with van der Waals surface area (Å²) in [4.78, 5) is 28.5. The number of likely N-dealkylation sites (N-methyl/N-ethyl adjacent to an activating group) is 1. The fourth-order valence-electron chi connectivity index (χ4n) is 5.42. The Morgan fingerprint density at radius 2 is 1.78 bits per heavy atom. The van der Waals surface area contributed by atoms with Crippen LogP contribution in [0.5, 0.6) is 11.5 Å². The van der Waals surface area contributed by atoms with Crippen LogP contribution in [-0.2, 0) is 10.0 Å². The van der Waals surface area contributed by atoms with Gasteiger partial charge in [-0.3, -0.25) is 4.79 Å². The normalized spacial score (nSPS) is 17.4. The maximum absolute atomic E-state index is 13.8. The van der Waals surface area contributed by atoms with Gasteiger partial charge in [0.05, 0.1) is 42.4 Å². The number of hydrogen-bond donors (Lipinski definition) is 3. The molecule has 0 saturated carbocycles. The van der Waals surface area contributed by atoms with Crippen molar-refractivity contribution in [3.63, 3.8) is 0 Å². The van der Waals surface area contributed by atoms with Gasteiger partial charge in [-0.15, -0.1) is 0 Å². The minimum atomic E-state index is -3.87. The first kappa shape index (κ1) is 32.7. The lowest BCUT2D eigenvalue weighted by Crippen LogP contribution is -2.50. The summed E-state index contributed by atoms with van der Waals surface area (Å²) in [5.41, 5.74) is 1.17. The summed E-state index contributed by atoms with van der Waals surface area (Å²) < 4.78 is 39.6. The molecule has 0 bridgehead atoms. The van der Waals surface area contributed by atoms with Gasteiger partial charge >= 0.3 is 6.03 Å². The Balaban J connectivity index is 1.40. The Kier molecular flexibility index (Phi) is 9.80. The van der Waals surface area contributed by atoms with Crippen LogP contribution >= 0.6 is 0 Å². The van der Waals surface area contributed by atoms with Gasteiger partial charge in [-0.05, 0) is 60.8 Å². The molecule has 46 heavy (non-hydrogen) atoms. The summed E-state index contributed by atoms with van der Waals surface area (Å²) in [5.74, 6) is 0.104. The zero-order chi connectivity index (χ0) is 33.0. The van der Waals surface area contributed by atoms with Gasteiger partial charge in [0, 0.05) is 30.6 Å². The fraction of sp³-hybridized carbons (Fsp3) is 0.294. The van der Waals surface area contributed by atoms with Gasteiger partial charge in [0.15, 0.2) is 0 Å². The molecule has 0 aromatic heterocycles. The number of nitrogens with one attached hydrogen (secondary N) is 2. The van der Waals surface area contributed by atoms with Crippen LogP contribution in [0.3, 0.4) is 0 Å². The SMILES string of the molecule is COc1ccc(S(=O)(=O)N(C)C[C@@H]2Oc3ccc(NC(=O)Nc4cccc5ccccc45)cc3C(=O)N([C@H](C)CO)C[C@H]2C)cc1. The van der Waals surface area contributed by atoms with E-state index in [4.69, 9.17) is 9.47 Å². The lowest BCUT2D eigenvalue weighted by Gasteiger charge is -2.38. The molecule has 0 unspecified atom stereocenters. The molecule has 4 aromatic carbocycles. The third-order valence-electron chi connectivity index (χ3n) is 8.17. The van der Waals surface area contributed by atoms with Gasteiger partial charge in [0.1, 0.15) is 17.6 Å². The largest absolute Gasteiger partial charge is 0.497 e. The number of carbonyl (C=O) groups is 2. The monoisotopic (exact) mass is 646 g/mol. The zero-order valence-electron chi connectivity index (χ0n) is 26.1. The van der Waals surface area contributed by atoms with Crippen molar-refractivity contribution in [3.05, 3.63) is 90.5 Å². The first-order valence-electron chi connectivity index (χ1n) is 14.9. The van der Waals surface area contributed by atoms with Gasteiger partial charge in [-0.1, -0.05) is 43.3 Å². The molecule has 0 radical (unpaired) electrons. The van der Waals surface area contributed by atoms with Gasteiger partial charge in [-0.2, -0.15) is 4.31 Å². The molecule has 11 nitrogen and oxygen atoms in total. The van der Waals surface area contributed by atoms with E-state index >= 15 is 0 Å². The Morgan fingerprint density at radius 1 is 1.07 bits per heavy atom. The molecule has 0 aliphatic carbocycles. The van der Waals surface area contributed by atoms with E-state index in [1.165, 1.54) is 36.7 Å². The van der Waals surface area contributed by atoms with E-state index in [0.717, 1.165) is 10.8 Å². The topological polar surface area (TPSA) is 138 Å². The summed E-state index contributed by atoms with van der Waals surface area (Å²) in [5, 5.41) is 17.5. The number of methoxy groups -OCH3 is 1. The molecule has 3 amide bonds. The second-order valence-electron chi connectivity index (χ2n) is 11.4. The summed E-state index contributed by atoms with van der Waals surface area (Å²) >= 11 is 0. The van der Waals surface area contributed by atoms with Crippen molar-refractivity contribution in [3.8, 4) is 11.5 Å². The van der Waals surface area contributed by atoms with Crippen LogP contribution in [-0.4, -0.2) is 80.7 Å². The Morgan fingerprint density at radius 3 is 2.50 bits per heavy atom. The summed E-state index contributed by atoms with van der Waals surface area (Å²) in [7, 11) is -0.879. The average Bonchev–Trinajstić information content (AvgIpc) is 3.06. The molecule has 1 heterocycles. The van der Waals surface area contributed by atoms with Crippen LogP contribution in [0.15, 0.2) is 89.8 Å². The molecule has 12 heteroatoms. The molecule has 5 rings (SSSR count). The van der Waals surface area contributed by atoms with Crippen LogP contribution in [0, 0.1) is 5.92 Å². The number of hydrogen-bond acceptors (Lipinski definition) is 7. The smallest absolute Gasteiger partial charge is 0.323 e. The predicted molar refractivity (Wildman–Crippen MR) is 177 cm³/mol. The summed E-state index contributed by atoms with van der Waals surface area (Å²) in [6, 6.07) is 23.2. The van der Waals surface area contributed by atoms with E-state index in [-0.39, 0.29) is 47.7 Å². The highest BCUT2D eigenvalue weighted by molar-refractivity contribution is 7.89. The summed E-state index contributed by atoms with van der Waals surface area (Å²) in [6.07, 6.45) is -0.647. The number of nitrogens with zero attached hydrogens (tertiary/aromatic N) is 2. The zero-order valence-corrected chi connectivity index (χ0v) is 27.0. The number of aliphatic hydroxyl groups is 1. The number of ether oxygens (including phenoxy) is 2. The van der Waals surface area contributed by atoms with Crippen LogP contribution in [0.1, 0.15) is 24.2 Å². The Bertz CT molecular complexity index is 1830. The number of aliphatic hydroxyl groups excluding tert-OH is 1. The highest BCUT2D eigenvalue weighted by atomic mass is 32.2. The van der Waals surface area contributed by atoms with E-state index in [1.54, 1.807) is 42.2 Å². The molecule has 0 fully saturated rings. The van der Waals surface area contributed by atoms with E-state index in [9.17, 15) is 23.1 Å². The van der Waals surface area contributed by atoms with Crippen LogP contribution in [0.25, 0.3) is 10.8 Å². The van der Waals surface area contributed by atoms with Crippen molar-refractivity contribution in [2.24, 2.45) is 5.92 Å². The van der Waals surface area contributed by atoms with Crippen LogP contribution in [0.2, 0.25) is 0 Å². The number of sulfonamides is 1. The molecule has 3 N–H and O–H groups in total. The molecule has 3 atom stereocenters. The molecular formula is C34H38N4O7S. The average molecular weight is 647 g/mol. The number of rotatable bonds is 9. The first-order valence-corrected chi connectivity index (χ1v) is 16.3. The third kappa shape index (κ3) is 6.94. The number of urea groups is 1.